The van der Waals surface area contributed by atoms with E-state index in [0.717, 1.165) is 12.1 Å². The van der Waals surface area contributed by atoms with Crippen molar-refractivity contribution < 1.29 is 5.11 Å². The average Bonchev–Trinajstić information content (AvgIpc) is 1.88. The Morgan fingerprint density at radius 1 is 1.70 bits per heavy atom. The second-order valence-corrected chi connectivity index (χ2v) is 2.38. The van der Waals surface area contributed by atoms with Gasteiger partial charge in [-0.15, -0.1) is 0 Å². The second kappa shape index (κ2) is 2.88. The van der Waals surface area contributed by atoms with Gasteiger partial charge < -0.3 is 5.11 Å². The fraction of sp³-hybridized carbons (Fsp3) is 0.286. The van der Waals surface area contributed by atoms with Gasteiger partial charge in [-0.25, -0.2) is 0 Å². The van der Waals surface area contributed by atoms with Gasteiger partial charge in [-0.2, -0.15) is 0 Å². The highest BCUT2D eigenvalue weighted by Crippen LogP contribution is 2.18. The highest BCUT2D eigenvalue weighted by molar-refractivity contribution is 6.31. The maximum Gasteiger partial charge on any atom is 0.135 e. The predicted octanol–water partition coefficient (Wildman–Crippen LogP) is 2.00. The Bertz CT molecular complexity index is 237. The van der Waals surface area contributed by atoms with Crippen LogP contribution in [0.2, 0.25) is 5.02 Å². The van der Waals surface area contributed by atoms with Crippen molar-refractivity contribution >= 4 is 11.6 Å². The summed E-state index contributed by atoms with van der Waals surface area (Å²) in [5.74, 6) is 0.113. The molecule has 1 aromatic heterocycles. The standard InChI is InChI=1S/C7H8ClNO/c1-2-7-6(8)3-5(10)4-9-7/h3-4,10H,2H2,1H3. The number of nitrogens with zero attached hydrogens (tertiary/aromatic N) is 1. The molecule has 0 saturated carbocycles. The quantitative estimate of drug-likeness (QED) is 0.677. The van der Waals surface area contributed by atoms with Crippen molar-refractivity contribution in [1.29, 1.82) is 0 Å². The largest absolute Gasteiger partial charge is 0.506 e. The van der Waals surface area contributed by atoms with E-state index in [2.05, 4.69) is 4.98 Å². The first-order chi connectivity index (χ1) is 4.74. The number of halogens is 1. The Morgan fingerprint density at radius 3 is 2.90 bits per heavy atom. The molecule has 0 aliphatic rings. The van der Waals surface area contributed by atoms with Crippen LogP contribution in [0.15, 0.2) is 12.3 Å². The maximum absolute atomic E-state index is 8.89. The molecule has 1 aromatic rings. The molecule has 0 saturated heterocycles. The zero-order valence-corrected chi connectivity index (χ0v) is 6.39. The third kappa shape index (κ3) is 1.39. The van der Waals surface area contributed by atoms with Crippen LogP contribution >= 0.6 is 11.6 Å². The van der Waals surface area contributed by atoms with Crippen molar-refractivity contribution in [3.05, 3.63) is 23.0 Å². The van der Waals surface area contributed by atoms with E-state index in [9.17, 15) is 0 Å². The van der Waals surface area contributed by atoms with Gasteiger partial charge in [0.25, 0.3) is 0 Å². The molecule has 0 atom stereocenters. The molecule has 54 valence electrons. The predicted molar refractivity (Wildman–Crippen MR) is 40.3 cm³/mol. The molecule has 0 unspecified atom stereocenters. The monoisotopic (exact) mass is 157 g/mol. The van der Waals surface area contributed by atoms with Crippen LogP contribution in [-0.2, 0) is 6.42 Å². The highest BCUT2D eigenvalue weighted by atomic mass is 35.5. The van der Waals surface area contributed by atoms with E-state index >= 15 is 0 Å². The molecule has 1 heterocycles. The maximum atomic E-state index is 8.89. The van der Waals surface area contributed by atoms with Crippen LogP contribution in [0.4, 0.5) is 0 Å². The Kier molecular flexibility index (Phi) is 2.12. The SMILES string of the molecule is CCc1ncc(O)cc1Cl. The fourth-order valence-electron chi connectivity index (χ4n) is 0.716. The van der Waals surface area contributed by atoms with Gasteiger partial charge in [0.05, 0.1) is 16.9 Å². The van der Waals surface area contributed by atoms with E-state index < -0.39 is 0 Å². The van der Waals surface area contributed by atoms with Gasteiger partial charge in [0.1, 0.15) is 5.75 Å². The first-order valence-electron chi connectivity index (χ1n) is 3.07. The van der Waals surface area contributed by atoms with Crippen LogP contribution in [0.3, 0.4) is 0 Å². The molecular formula is C7H8ClNO. The molecule has 0 bridgehead atoms. The van der Waals surface area contributed by atoms with Crippen molar-refractivity contribution in [3.63, 3.8) is 0 Å². The Labute approximate surface area is 64.5 Å². The molecule has 0 radical (unpaired) electrons. The Morgan fingerprint density at radius 2 is 2.40 bits per heavy atom. The summed E-state index contributed by atoms with van der Waals surface area (Å²) in [4.78, 5) is 3.91. The molecule has 0 aliphatic carbocycles. The fourth-order valence-corrected chi connectivity index (χ4v) is 1.01. The lowest BCUT2D eigenvalue weighted by molar-refractivity contribution is 0.472. The topological polar surface area (TPSA) is 33.1 Å². The summed E-state index contributed by atoms with van der Waals surface area (Å²) in [6.07, 6.45) is 2.18. The number of pyridine rings is 1. The smallest absolute Gasteiger partial charge is 0.135 e. The lowest BCUT2D eigenvalue weighted by Crippen LogP contribution is -1.86. The number of aromatic hydroxyl groups is 1. The molecule has 10 heavy (non-hydrogen) atoms. The zero-order chi connectivity index (χ0) is 7.56. The summed E-state index contributed by atoms with van der Waals surface area (Å²) in [7, 11) is 0. The lowest BCUT2D eigenvalue weighted by atomic mass is 10.3. The summed E-state index contributed by atoms with van der Waals surface area (Å²) in [6, 6.07) is 1.49. The minimum Gasteiger partial charge on any atom is -0.506 e. The number of hydrogen-bond acceptors (Lipinski definition) is 2. The van der Waals surface area contributed by atoms with E-state index in [1.165, 1.54) is 12.3 Å². The third-order valence-electron chi connectivity index (χ3n) is 1.24. The minimum absolute atomic E-state index is 0.113. The molecule has 0 aromatic carbocycles. The van der Waals surface area contributed by atoms with Crippen LogP contribution in [0.25, 0.3) is 0 Å². The average molecular weight is 158 g/mol. The van der Waals surface area contributed by atoms with E-state index in [1.807, 2.05) is 6.92 Å². The molecule has 0 fully saturated rings. The highest BCUT2D eigenvalue weighted by Gasteiger charge is 1.98. The zero-order valence-electron chi connectivity index (χ0n) is 5.63. The molecule has 0 spiro atoms. The summed E-state index contributed by atoms with van der Waals surface area (Å²) >= 11 is 5.71. The van der Waals surface area contributed by atoms with Crippen molar-refractivity contribution in [2.45, 2.75) is 13.3 Å². The van der Waals surface area contributed by atoms with E-state index in [4.69, 9.17) is 16.7 Å². The van der Waals surface area contributed by atoms with Gasteiger partial charge in [-0.1, -0.05) is 18.5 Å². The number of aryl methyl sites for hydroxylation is 1. The molecule has 1 N–H and O–H groups in total. The van der Waals surface area contributed by atoms with Gasteiger partial charge in [-0.05, 0) is 6.42 Å². The van der Waals surface area contributed by atoms with Crippen molar-refractivity contribution in [1.82, 2.24) is 4.98 Å². The van der Waals surface area contributed by atoms with E-state index in [-0.39, 0.29) is 5.75 Å². The second-order valence-electron chi connectivity index (χ2n) is 1.98. The van der Waals surface area contributed by atoms with Crippen LogP contribution in [0.1, 0.15) is 12.6 Å². The van der Waals surface area contributed by atoms with Crippen molar-refractivity contribution in [3.8, 4) is 5.75 Å². The molecule has 2 nitrogen and oxygen atoms in total. The van der Waals surface area contributed by atoms with Crippen LogP contribution < -0.4 is 0 Å². The Hall–Kier alpha value is -0.760. The molecule has 1 rings (SSSR count). The Balaban J connectivity index is 3.07. The lowest BCUT2D eigenvalue weighted by Gasteiger charge is -1.98. The molecule has 3 heteroatoms. The van der Waals surface area contributed by atoms with Gasteiger partial charge in [0.2, 0.25) is 0 Å². The first-order valence-corrected chi connectivity index (χ1v) is 3.45. The van der Waals surface area contributed by atoms with Crippen molar-refractivity contribution in [2.75, 3.05) is 0 Å². The van der Waals surface area contributed by atoms with E-state index in [1.54, 1.807) is 0 Å². The van der Waals surface area contributed by atoms with Crippen molar-refractivity contribution in [2.24, 2.45) is 0 Å². The van der Waals surface area contributed by atoms with Crippen LogP contribution in [0, 0.1) is 0 Å². The normalized spacial score (nSPS) is 9.80. The number of hydrogen-bond donors (Lipinski definition) is 1. The summed E-state index contributed by atoms with van der Waals surface area (Å²) < 4.78 is 0. The summed E-state index contributed by atoms with van der Waals surface area (Å²) in [5, 5.41) is 9.42. The number of aromatic nitrogens is 1. The van der Waals surface area contributed by atoms with Gasteiger partial charge in [0, 0.05) is 6.07 Å². The van der Waals surface area contributed by atoms with Gasteiger partial charge >= 0.3 is 0 Å². The van der Waals surface area contributed by atoms with E-state index in [0.29, 0.717) is 5.02 Å². The third-order valence-corrected chi connectivity index (χ3v) is 1.57. The summed E-state index contributed by atoms with van der Waals surface area (Å²) in [6.45, 7) is 1.96. The molecular weight excluding hydrogens is 150 g/mol. The van der Waals surface area contributed by atoms with Crippen LogP contribution in [0.5, 0.6) is 5.75 Å². The minimum atomic E-state index is 0.113. The number of rotatable bonds is 1. The molecule has 0 amide bonds. The van der Waals surface area contributed by atoms with Gasteiger partial charge in [-0.3, -0.25) is 4.98 Å². The first kappa shape index (κ1) is 7.35. The summed E-state index contributed by atoms with van der Waals surface area (Å²) in [5.41, 5.74) is 0.819. The molecule has 0 aliphatic heterocycles. The van der Waals surface area contributed by atoms with Crippen LogP contribution in [-0.4, -0.2) is 10.1 Å². The van der Waals surface area contributed by atoms with Gasteiger partial charge in [0.15, 0.2) is 0 Å².